The lowest BCUT2D eigenvalue weighted by molar-refractivity contribution is 0.0467. The molecule has 0 atom stereocenters. The van der Waals surface area contributed by atoms with Crippen molar-refractivity contribution in [3.63, 3.8) is 0 Å². The summed E-state index contributed by atoms with van der Waals surface area (Å²) in [6.07, 6.45) is 0. The third-order valence-corrected chi connectivity index (χ3v) is 4.76. The van der Waals surface area contributed by atoms with Gasteiger partial charge in [0, 0.05) is 5.56 Å². The molecule has 0 saturated heterocycles. The molecule has 0 aliphatic rings. The Kier molecular flexibility index (Phi) is 6.21. The molecule has 4 aromatic carbocycles. The summed E-state index contributed by atoms with van der Waals surface area (Å²) in [6, 6.07) is 35.0. The normalized spacial score (nSPS) is 10.4. The first-order chi connectivity index (χ1) is 14.8. The van der Waals surface area contributed by atoms with Crippen molar-refractivity contribution in [2.24, 2.45) is 0 Å². The zero-order valence-corrected chi connectivity index (χ0v) is 16.5. The molecule has 4 rings (SSSR count). The van der Waals surface area contributed by atoms with Gasteiger partial charge in [-0.1, -0.05) is 103 Å². The topological polar surface area (TPSA) is 35.5 Å². The summed E-state index contributed by atoms with van der Waals surface area (Å²) in [6.45, 7) is 0.580. The van der Waals surface area contributed by atoms with Gasteiger partial charge in [-0.3, -0.25) is 0 Å². The van der Waals surface area contributed by atoms with Crippen LogP contribution >= 0.6 is 0 Å². The second-order valence-corrected chi connectivity index (χ2v) is 6.88. The molecule has 0 fully saturated rings. The Bertz CT molecular complexity index is 1090. The number of benzene rings is 4. The molecule has 4 aromatic rings. The summed E-state index contributed by atoms with van der Waals surface area (Å²) < 4.78 is 11.8. The van der Waals surface area contributed by atoms with Crippen molar-refractivity contribution in [2.45, 2.75) is 13.2 Å². The second kappa shape index (κ2) is 9.57. The highest BCUT2D eigenvalue weighted by Crippen LogP contribution is 2.34. The van der Waals surface area contributed by atoms with Gasteiger partial charge in [0.25, 0.3) is 0 Å². The summed E-state index contributed by atoms with van der Waals surface area (Å²) in [7, 11) is 0. The van der Waals surface area contributed by atoms with Gasteiger partial charge in [0.2, 0.25) is 0 Å². The van der Waals surface area contributed by atoms with Gasteiger partial charge in [-0.25, -0.2) is 4.79 Å². The molecule has 30 heavy (non-hydrogen) atoms. The molecule has 0 unspecified atom stereocenters. The first-order valence-corrected chi connectivity index (χ1v) is 9.87. The Labute approximate surface area is 176 Å². The minimum absolute atomic E-state index is 0.216. The molecule has 0 spiro atoms. The van der Waals surface area contributed by atoms with Crippen LogP contribution in [-0.4, -0.2) is 5.97 Å². The van der Waals surface area contributed by atoms with E-state index < -0.39 is 5.97 Å². The Morgan fingerprint density at radius 1 is 0.600 bits per heavy atom. The number of ether oxygens (including phenoxy) is 2. The van der Waals surface area contributed by atoms with Crippen molar-refractivity contribution >= 4 is 5.97 Å². The first kappa shape index (κ1) is 19.5. The third-order valence-electron chi connectivity index (χ3n) is 4.76. The van der Waals surface area contributed by atoms with Crippen LogP contribution in [0.2, 0.25) is 0 Å². The summed E-state index contributed by atoms with van der Waals surface area (Å²) in [5, 5.41) is 0. The zero-order chi connectivity index (χ0) is 20.6. The zero-order valence-electron chi connectivity index (χ0n) is 16.5. The van der Waals surface area contributed by atoms with Gasteiger partial charge in [-0.2, -0.15) is 0 Å². The maximum Gasteiger partial charge on any atom is 0.342 e. The molecule has 3 nitrogen and oxygen atoms in total. The highest BCUT2D eigenvalue weighted by molar-refractivity contribution is 5.95. The van der Waals surface area contributed by atoms with Crippen LogP contribution in [0, 0.1) is 0 Å². The average Bonchev–Trinajstić information content (AvgIpc) is 2.83. The molecule has 0 aliphatic heterocycles. The summed E-state index contributed by atoms with van der Waals surface area (Å²) in [4.78, 5) is 12.9. The highest BCUT2D eigenvalue weighted by atomic mass is 16.5. The first-order valence-electron chi connectivity index (χ1n) is 9.87. The highest BCUT2D eigenvalue weighted by Gasteiger charge is 2.19. The van der Waals surface area contributed by atoms with Gasteiger partial charge in [-0.05, 0) is 22.8 Å². The largest absolute Gasteiger partial charge is 0.487 e. The fourth-order valence-corrected chi connectivity index (χ4v) is 3.23. The number of para-hydroxylation sites is 1. The van der Waals surface area contributed by atoms with Gasteiger partial charge < -0.3 is 9.47 Å². The molecule has 3 heteroatoms. The van der Waals surface area contributed by atoms with Crippen LogP contribution in [0.4, 0.5) is 0 Å². The van der Waals surface area contributed by atoms with E-state index in [1.807, 2.05) is 103 Å². The van der Waals surface area contributed by atoms with Crippen molar-refractivity contribution in [1.82, 2.24) is 0 Å². The Morgan fingerprint density at radius 3 is 1.80 bits per heavy atom. The minimum Gasteiger partial charge on any atom is -0.487 e. The van der Waals surface area contributed by atoms with E-state index in [1.54, 1.807) is 6.07 Å². The molecule has 0 heterocycles. The summed E-state index contributed by atoms with van der Waals surface area (Å²) in [5.74, 6) is 0.130. The second-order valence-electron chi connectivity index (χ2n) is 6.88. The van der Waals surface area contributed by atoms with E-state index in [-0.39, 0.29) is 6.61 Å². The van der Waals surface area contributed by atoms with Crippen molar-refractivity contribution < 1.29 is 14.3 Å². The fourth-order valence-electron chi connectivity index (χ4n) is 3.23. The van der Waals surface area contributed by atoms with E-state index in [2.05, 4.69) is 0 Å². The van der Waals surface area contributed by atoms with Gasteiger partial charge >= 0.3 is 5.97 Å². The Morgan fingerprint density at radius 2 is 1.17 bits per heavy atom. The number of carbonyl (C=O) groups excluding carboxylic acids is 1. The molecule has 0 amide bonds. The van der Waals surface area contributed by atoms with E-state index >= 15 is 0 Å². The van der Waals surface area contributed by atoms with Crippen LogP contribution in [0.15, 0.2) is 109 Å². The molecule has 0 aromatic heterocycles. The van der Waals surface area contributed by atoms with Crippen molar-refractivity contribution in [1.29, 1.82) is 0 Å². The van der Waals surface area contributed by atoms with Crippen molar-refractivity contribution in [2.75, 3.05) is 0 Å². The van der Waals surface area contributed by atoms with E-state index in [4.69, 9.17) is 9.47 Å². The molecule has 148 valence electrons. The molecular formula is C27H22O3. The SMILES string of the molecule is O=C(OCc1ccccc1)c1cccc(-c2ccccc2)c1OCc1ccccc1. The van der Waals surface area contributed by atoms with E-state index in [0.717, 1.165) is 22.3 Å². The summed E-state index contributed by atoms with van der Waals surface area (Å²) >= 11 is 0. The molecule has 0 aliphatic carbocycles. The number of hydrogen-bond donors (Lipinski definition) is 0. The number of hydrogen-bond acceptors (Lipinski definition) is 3. The Hall–Kier alpha value is -3.85. The van der Waals surface area contributed by atoms with Gasteiger partial charge in [0.05, 0.1) is 0 Å². The average molecular weight is 394 g/mol. The molecule has 0 bridgehead atoms. The predicted octanol–water partition coefficient (Wildman–Crippen LogP) is 6.29. The third kappa shape index (κ3) is 4.76. The lowest BCUT2D eigenvalue weighted by Gasteiger charge is -2.16. The number of rotatable bonds is 7. The quantitative estimate of drug-likeness (QED) is 0.346. The van der Waals surface area contributed by atoms with E-state index in [9.17, 15) is 4.79 Å². The smallest absolute Gasteiger partial charge is 0.342 e. The predicted molar refractivity (Wildman–Crippen MR) is 118 cm³/mol. The lowest BCUT2D eigenvalue weighted by atomic mass is 10.0. The maximum atomic E-state index is 12.9. The van der Waals surface area contributed by atoms with Gasteiger partial charge in [0.1, 0.15) is 24.5 Å². The number of esters is 1. The lowest BCUT2D eigenvalue weighted by Crippen LogP contribution is -2.09. The van der Waals surface area contributed by atoms with Crippen molar-refractivity contribution in [3.05, 3.63) is 126 Å². The maximum absolute atomic E-state index is 12.9. The van der Waals surface area contributed by atoms with Crippen LogP contribution in [-0.2, 0) is 18.0 Å². The minimum atomic E-state index is -0.403. The number of carbonyl (C=O) groups is 1. The summed E-state index contributed by atoms with van der Waals surface area (Å²) in [5.41, 5.74) is 4.24. The van der Waals surface area contributed by atoms with Crippen LogP contribution in [0.5, 0.6) is 5.75 Å². The molecule has 0 radical (unpaired) electrons. The van der Waals surface area contributed by atoms with Gasteiger partial charge in [-0.15, -0.1) is 0 Å². The van der Waals surface area contributed by atoms with Crippen molar-refractivity contribution in [3.8, 4) is 16.9 Å². The standard InChI is InChI=1S/C27H22O3/c28-27(30-20-22-13-6-2-7-14-22)25-18-10-17-24(23-15-8-3-9-16-23)26(25)29-19-21-11-4-1-5-12-21/h1-18H,19-20H2. The Balaban J connectivity index is 1.63. The van der Waals surface area contributed by atoms with Crippen LogP contribution in [0.1, 0.15) is 21.5 Å². The van der Waals surface area contributed by atoms with Crippen LogP contribution in [0.3, 0.4) is 0 Å². The monoisotopic (exact) mass is 394 g/mol. The van der Waals surface area contributed by atoms with Crippen LogP contribution < -0.4 is 4.74 Å². The van der Waals surface area contributed by atoms with Gasteiger partial charge in [0.15, 0.2) is 0 Å². The molecule has 0 N–H and O–H groups in total. The van der Waals surface area contributed by atoms with E-state index in [1.165, 1.54) is 0 Å². The van der Waals surface area contributed by atoms with Crippen LogP contribution in [0.25, 0.3) is 11.1 Å². The fraction of sp³-hybridized carbons (Fsp3) is 0.0741. The molecule has 0 saturated carbocycles. The van der Waals surface area contributed by atoms with E-state index in [0.29, 0.717) is 17.9 Å². The molecular weight excluding hydrogens is 372 g/mol.